The third kappa shape index (κ3) is 6.22. The van der Waals surface area contributed by atoms with E-state index in [4.69, 9.17) is 21.1 Å². The first-order valence-corrected chi connectivity index (χ1v) is 12.1. The molecule has 1 atom stereocenters. The van der Waals surface area contributed by atoms with Crippen LogP contribution in [0.4, 0.5) is 13.2 Å². The molecule has 0 bridgehead atoms. The molecule has 1 aliphatic heterocycles. The Morgan fingerprint density at radius 1 is 1.11 bits per heavy atom. The highest BCUT2D eigenvalue weighted by Gasteiger charge is 2.38. The smallest absolute Gasteiger partial charge is 0.416 e. The molecule has 10 heteroatoms. The second-order valence-electron chi connectivity index (χ2n) is 9.45. The van der Waals surface area contributed by atoms with Crippen molar-refractivity contribution in [3.8, 4) is 11.5 Å². The second kappa shape index (κ2) is 10.6. The van der Waals surface area contributed by atoms with Crippen LogP contribution in [0.1, 0.15) is 39.5 Å². The van der Waals surface area contributed by atoms with Crippen molar-refractivity contribution in [3.63, 3.8) is 0 Å². The molecule has 1 amide bonds. The van der Waals surface area contributed by atoms with Crippen molar-refractivity contribution in [1.82, 2.24) is 4.90 Å². The number of benzene rings is 3. The lowest BCUT2D eigenvalue weighted by atomic mass is 9.91. The van der Waals surface area contributed by atoms with Crippen molar-refractivity contribution in [2.75, 3.05) is 13.7 Å². The van der Waals surface area contributed by atoms with E-state index in [-0.39, 0.29) is 17.7 Å². The number of aliphatic carboxylic acids is 1. The number of hydrogen-bond donors (Lipinski definition) is 1. The summed E-state index contributed by atoms with van der Waals surface area (Å²) in [5, 5.41) is 10.0. The highest BCUT2D eigenvalue weighted by Crippen LogP contribution is 2.44. The number of halogens is 4. The predicted octanol–water partition coefficient (Wildman–Crippen LogP) is 6.03. The van der Waals surface area contributed by atoms with Gasteiger partial charge in [-0.15, -0.1) is 0 Å². The molecule has 1 N–H and O–H groups in total. The minimum Gasteiger partial charge on any atom is -0.493 e. The van der Waals surface area contributed by atoms with Crippen LogP contribution in [0.2, 0.25) is 5.02 Å². The van der Waals surface area contributed by atoms with Crippen LogP contribution in [0.15, 0.2) is 60.7 Å². The van der Waals surface area contributed by atoms with Crippen molar-refractivity contribution in [3.05, 3.63) is 93.5 Å². The van der Waals surface area contributed by atoms with Crippen LogP contribution in [0.3, 0.4) is 0 Å². The fourth-order valence-electron chi connectivity index (χ4n) is 4.61. The van der Waals surface area contributed by atoms with E-state index in [0.29, 0.717) is 34.9 Å². The van der Waals surface area contributed by atoms with Gasteiger partial charge in [-0.25, -0.2) is 0 Å². The molecule has 0 aromatic heterocycles. The number of ether oxygens (including phenoxy) is 2. The van der Waals surface area contributed by atoms with Gasteiger partial charge in [0.2, 0.25) is 0 Å². The van der Waals surface area contributed by atoms with Gasteiger partial charge in [0.1, 0.15) is 12.1 Å². The molecule has 0 fully saturated rings. The van der Waals surface area contributed by atoms with Gasteiger partial charge >= 0.3 is 12.1 Å². The average Bonchev–Trinajstić information content (AvgIpc) is 3.19. The van der Waals surface area contributed by atoms with Crippen LogP contribution in [-0.2, 0) is 30.4 Å². The quantitative estimate of drug-likeness (QED) is 0.373. The van der Waals surface area contributed by atoms with Gasteiger partial charge in [-0.05, 0) is 54.4 Å². The molecular weight excluding hydrogens is 523 g/mol. The van der Waals surface area contributed by atoms with Gasteiger partial charge in [0, 0.05) is 35.5 Å². The van der Waals surface area contributed by atoms with E-state index >= 15 is 0 Å². The molecule has 6 nitrogen and oxygen atoms in total. The summed E-state index contributed by atoms with van der Waals surface area (Å²) in [6.07, 6.45) is -3.55. The molecule has 0 radical (unpaired) electrons. The standard InChI is InChI=1S/C28H25ClF3NO5/c1-27(13-17-6-8-22(29)9-7-17)14-20-11-19(12-23(37-2)25(20)38-27)26(36)33(16-24(34)35)15-18-4-3-5-21(10-18)28(30,31)32/h3-12H,13-16H2,1-2H3,(H,34,35)/t27-/m0/s1. The van der Waals surface area contributed by atoms with Crippen LogP contribution >= 0.6 is 11.6 Å². The van der Waals surface area contributed by atoms with Crippen molar-refractivity contribution >= 4 is 23.5 Å². The van der Waals surface area contributed by atoms with Crippen molar-refractivity contribution < 1.29 is 37.3 Å². The number of carboxylic acid groups (broad SMARTS) is 1. The fraction of sp³-hybridized carbons (Fsp3) is 0.286. The van der Waals surface area contributed by atoms with E-state index in [0.717, 1.165) is 22.6 Å². The molecule has 3 aromatic carbocycles. The van der Waals surface area contributed by atoms with E-state index in [1.165, 1.54) is 25.3 Å². The maximum atomic E-state index is 13.5. The normalized spacial score (nSPS) is 16.5. The Morgan fingerprint density at radius 3 is 2.45 bits per heavy atom. The number of carbonyl (C=O) groups is 2. The number of alkyl halides is 3. The molecule has 1 heterocycles. The zero-order chi connectivity index (χ0) is 27.7. The Morgan fingerprint density at radius 2 is 1.82 bits per heavy atom. The summed E-state index contributed by atoms with van der Waals surface area (Å²) < 4.78 is 51.2. The number of carbonyl (C=O) groups excluding carboxylic acids is 1. The van der Waals surface area contributed by atoms with Crippen LogP contribution < -0.4 is 9.47 Å². The van der Waals surface area contributed by atoms with Gasteiger partial charge in [0.25, 0.3) is 5.91 Å². The first kappa shape index (κ1) is 27.3. The maximum Gasteiger partial charge on any atom is 0.416 e. The van der Waals surface area contributed by atoms with Gasteiger partial charge in [-0.3, -0.25) is 9.59 Å². The summed E-state index contributed by atoms with van der Waals surface area (Å²) in [5.41, 5.74) is 0.500. The lowest BCUT2D eigenvalue weighted by Gasteiger charge is -2.24. The van der Waals surface area contributed by atoms with Crippen LogP contribution in [0, 0.1) is 0 Å². The molecule has 4 rings (SSSR count). The van der Waals surface area contributed by atoms with E-state index in [9.17, 15) is 27.9 Å². The van der Waals surface area contributed by atoms with Crippen molar-refractivity contribution in [1.29, 1.82) is 0 Å². The van der Waals surface area contributed by atoms with Crippen molar-refractivity contribution in [2.24, 2.45) is 0 Å². The Bertz CT molecular complexity index is 1360. The molecule has 3 aromatic rings. The van der Waals surface area contributed by atoms with E-state index < -0.39 is 35.8 Å². The number of methoxy groups -OCH3 is 1. The van der Waals surface area contributed by atoms with E-state index in [1.54, 1.807) is 18.2 Å². The molecule has 1 aliphatic rings. The third-order valence-corrected chi connectivity index (χ3v) is 6.50. The molecule has 0 aliphatic carbocycles. The number of carboxylic acids is 1. The number of nitrogens with zero attached hydrogens (tertiary/aromatic N) is 1. The highest BCUT2D eigenvalue weighted by molar-refractivity contribution is 6.30. The Labute approximate surface area is 222 Å². The SMILES string of the molecule is COc1cc(C(=O)N(CC(=O)O)Cc2cccc(C(F)(F)F)c2)cc2c1O[C@@](C)(Cc1ccc(Cl)cc1)C2. The summed E-state index contributed by atoms with van der Waals surface area (Å²) in [6, 6.07) is 14.9. The molecule has 38 heavy (non-hydrogen) atoms. The third-order valence-electron chi connectivity index (χ3n) is 6.24. The Kier molecular flexibility index (Phi) is 7.60. The number of hydrogen-bond acceptors (Lipinski definition) is 4. The van der Waals surface area contributed by atoms with Gasteiger partial charge < -0.3 is 19.5 Å². The first-order chi connectivity index (χ1) is 17.9. The number of amides is 1. The molecule has 0 saturated carbocycles. The zero-order valence-corrected chi connectivity index (χ0v) is 21.4. The van der Waals surface area contributed by atoms with Crippen LogP contribution in [0.5, 0.6) is 11.5 Å². The minimum absolute atomic E-state index is 0.146. The monoisotopic (exact) mass is 547 g/mol. The molecular formula is C28H25ClF3NO5. The van der Waals surface area contributed by atoms with Gasteiger partial charge in [-0.1, -0.05) is 35.9 Å². The van der Waals surface area contributed by atoms with Crippen LogP contribution in [0.25, 0.3) is 0 Å². The number of fused-ring (bicyclic) bond motifs is 1. The zero-order valence-electron chi connectivity index (χ0n) is 20.6. The number of rotatable bonds is 8. The summed E-state index contributed by atoms with van der Waals surface area (Å²) in [4.78, 5) is 26.0. The first-order valence-electron chi connectivity index (χ1n) is 11.7. The maximum absolute atomic E-state index is 13.5. The highest BCUT2D eigenvalue weighted by atomic mass is 35.5. The van der Waals surface area contributed by atoms with E-state index in [2.05, 4.69) is 0 Å². The summed E-state index contributed by atoms with van der Waals surface area (Å²) in [6.45, 7) is 0.922. The van der Waals surface area contributed by atoms with Gasteiger partial charge in [-0.2, -0.15) is 13.2 Å². The second-order valence-corrected chi connectivity index (χ2v) is 9.89. The fourth-order valence-corrected chi connectivity index (χ4v) is 4.74. The molecule has 0 saturated heterocycles. The molecule has 200 valence electrons. The predicted molar refractivity (Wildman–Crippen MR) is 135 cm³/mol. The van der Waals surface area contributed by atoms with Gasteiger partial charge in [0.15, 0.2) is 11.5 Å². The Hall–Kier alpha value is -3.72. The summed E-state index contributed by atoms with van der Waals surface area (Å²) in [7, 11) is 1.43. The largest absolute Gasteiger partial charge is 0.493 e. The Balaban J connectivity index is 1.61. The summed E-state index contributed by atoms with van der Waals surface area (Å²) >= 11 is 5.99. The van der Waals surface area contributed by atoms with Gasteiger partial charge in [0.05, 0.1) is 12.7 Å². The minimum atomic E-state index is -4.57. The molecule has 0 spiro atoms. The molecule has 0 unspecified atom stereocenters. The van der Waals surface area contributed by atoms with Crippen molar-refractivity contribution in [2.45, 2.75) is 38.1 Å². The van der Waals surface area contributed by atoms with Crippen LogP contribution in [-0.4, -0.2) is 41.1 Å². The lowest BCUT2D eigenvalue weighted by Crippen LogP contribution is -2.35. The average molecular weight is 548 g/mol. The lowest BCUT2D eigenvalue weighted by molar-refractivity contribution is -0.139. The topological polar surface area (TPSA) is 76.1 Å². The summed E-state index contributed by atoms with van der Waals surface area (Å²) in [5.74, 6) is -1.15. The van der Waals surface area contributed by atoms with E-state index in [1.807, 2.05) is 19.1 Å².